The highest BCUT2D eigenvalue weighted by molar-refractivity contribution is 6.05. The van der Waals surface area contributed by atoms with Crippen LogP contribution in [-0.4, -0.2) is 28.6 Å². The van der Waals surface area contributed by atoms with Crippen LogP contribution in [0.15, 0.2) is 22.8 Å². The van der Waals surface area contributed by atoms with E-state index in [1.165, 1.54) is 18.1 Å². The van der Waals surface area contributed by atoms with E-state index in [1.54, 1.807) is 27.0 Å². The number of H-pyrrole nitrogens is 1. The molecule has 2 heterocycles. The van der Waals surface area contributed by atoms with Crippen LogP contribution in [0.2, 0.25) is 0 Å². The molecule has 6 nitrogen and oxygen atoms in total. The minimum absolute atomic E-state index is 0.0326. The van der Waals surface area contributed by atoms with Crippen molar-refractivity contribution in [1.29, 1.82) is 0 Å². The molecule has 1 atom stereocenters. The number of aromatic amines is 1. The Kier molecular flexibility index (Phi) is 5.10. The summed E-state index contributed by atoms with van der Waals surface area (Å²) in [6, 6.07) is 4.16. The van der Waals surface area contributed by atoms with Gasteiger partial charge in [0.2, 0.25) is 5.78 Å². The highest BCUT2D eigenvalue weighted by Gasteiger charge is 2.26. The van der Waals surface area contributed by atoms with Crippen LogP contribution in [0.4, 0.5) is 0 Å². The number of furan rings is 1. The summed E-state index contributed by atoms with van der Waals surface area (Å²) in [6.45, 7) is 6.48. The third kappa shape index (κ3) is 3.47. The van der Waals surface area contributed by atoms with Gasteiger partial charge in [-0.1, -0.05) is 0 Å². The number of hydrogen-bond acceptors (Lipinski definition) is 5. The number of carbonyl (C=O) groups is 3. The zero-order chi connectivity index (χ0) is 21.6. The van der Waals surface area contributed by atoms with Gasteiger partial charge in [-0.15, -0.1) is 0 Å². The Morgan fingerprint density at radius 3 is 2.53 bits per heavy atom. The summed E-state index contributed by atoms with van der Waals surface area (Å²) in [6.07, 6.45) is 3.91. The SMILES string of the molecule is CC(=O)c1c(C)[nH]c(C(=O)C(C)OC(=O)Cc2coc3cc4c(cc23)CCC4)c1C. The fourth-order valence-corrected chi connectivity index (χ4v) is 4.46. The van der Waals surface area contributed by atoms with Crippen molar-refractivity contribution >= 4 is 28.5 Å². The Bertz CT molecular complexity index is 1180. The molecule has 156 valence electrons. The number of fused-ring (bicyclic) bond motifs is 2. The molecule has 1 aliphatic carbocycles. The molecule has 1 unspecified atom stereocenters. The number of Topliss-reactive ketones (excluding diaryl/α,β-unsaturated/α-hetero) is 2. The third-order valence-corrected chi connectivity index (χ3v) is 5.92. The summed E-state index contributed by atoms with van der Waals surface area (Å²) in [5.41, 5.74) is 6.19. The number of nitrogens with one attached hydrogen (secondary N) is 1. The Labute approximate surface area is 174 Å². The minimum Gasteiger partial charge on any atom is -0.464 e. The lowest BCUT2D eigenvalue weighted by Crippen LogP contribution is -2.26. The lowest BCUT2D eigenvalue weighted by molar-refractivity contribution is -0.145. The van der Waals surface area contributed by atoms with E-state index in [2.05, 4.69) is 17.1 Å². The molecule has 0 aliphatic heterocycles. The van der Waals surface area contributed by atoms with Gasteiger partial charge in [0.25, 0.3) is 0 Å². The minimum atomic E-state index is -0.962. The second-order valence-corrected chi connectivity index (χ2v) is 8.09. The first-order valence-corrected chi connectivity index (χ1v) is 10.2. The predicted octanol–water partition coefficient (Wildman–Crippen LogP) is 4.43. The first-order valence-electron chi connectivity index (χ1n) is 10.2. The highest BCUT2D eigenvalue weighted by Crippen LogP contribution is 2.30. The Balaban J connectivity index is 1.48. The monoisotopic (exact) mass is 407 g/mol. The lowest BCUT2D eigenvalue weighted by atomic mass is 10.0. The van der Waals surface area contributed by atoms with E-state index in [0.29, 0.717) is 22.5 Å². The number of carbonyl (C=O) groups excluding carboxylic acids is 3. The van der Waals surface area contributed by atoms with Crippen molar-refractivity contribution in [2.75, 3.05) is 0 Å². The van der Waals surface area contributed by atoms with Gasteiger partial charge in [-0.2, -0.15) is 0 Å². The summed E-state index contributed by atoms with van der Waals surface area (Å²) in [4.78, 5) is 40.1. The summed E-state index contributed by atoms with van der Waals surface area (Å²) in [5, 5.41) is 0.925. The Morgan fingerprint density at radius 1 is 1.17 bits per heavy atom. The largest absolute Gasteiger partial charge is 0.464 e. The molecule has 4 rings (SSSR count). The summed E-state index contributed by atoms with van der Waals surface area (Å²) in [7, 11) is 0. The molecule has 1 aromatic carbocycles. The van der Waals surface area contributed by atoms with Gasteiger partial charge in [0, 0.05) is 22.2 Å². The van der Waals surface area contributed by atoms with Crippen LogP contribution in [0, 0.1) is 13.8 Å². The third-order valence-electron chi connectivity index (χ3n) is 5.92. The summed E-state index contributed by atoms with van der Waals surface area (Å²) < 4.78 is 11.1. The van der Waals surface area contributed by atoms with Crippen molar-refractivity contribution < 1.29 is 23.5 Å². The normalized spacial score (nSPS) is 14.0. The van der Waals surface area contributed by atoms with E-state index in [-0.39, 0.29) is 18.0 Å². The van der Waals surface area contributed by atoms with E-state index in [0.717, 1.165) is 35.8 Å². The summed E-state index contributed by atoms with van der Waals surface area (Å²) in [5.74, 6) is -0.957. The average molecular weight is 407 g/mol. The number of ether oxygens (including phenoxy) is 1. The fourth-order valence-electron chi connectivity index (χ4n) is 4.46. The van der Waals surface area contributed by atoms with Crippen LogP contribution < -0.4 is 0 Å². The zero-order valence-electron chi connectivity index (χ0n) is 17.7. The Hall–Kier alpha value is -3.15. The first kappa shape index (κ1) is 20.1. The molecule has 0 radical (unpaired) electrons. The van der Waals surface area contributed by atoms with E-state index >= 15 is 0 Å². The maximum Gasteiger partial charge on any atom is 0.311 e. The number of ketones is 2. The molecule has 2 aromatic heterocycles. The smallest absolute Gasteiger partial charge is 0.311 e. The number of benzene rings is 1. The van der Waals surface area contributed by atoms with Gasteiger partial charge in [-0.05, 0) is 75.8 Å². The molecule has 0 spiro atoms. The molecule has 1 aliphatic rings. The maximum atomic E-state index is 12.8. The van der Waals surface area contributed by atoms with Crippen LogP contribution >= 0.6 is 0 Å². The molecular formula is C24H25NO5. The number of aromatic nitrogens is 1. The van der Waals surface area contributed by atoms with E-state index in [9.17, 15) is 14.4 Å². The number of hydrogen-bond donors (Lipinski definition) is 1. The molecule has 3 aromatic rings. The van der Waals surface area contributed by atoms with Crippen LogP contribution in [0.3, 0.4) is 0 Å². The fraction of sp³-hybridized carbons (Fsp3) is 0.375. The van der Waals surface area contributed by atoms with Gasteiger partial charge in [0.1, 0.15) is 5.58 Å². The van der Waals surface area contributed by atoms with E-state index < -0.39 is 12.1 Å². The van der Waals surface area contributed by atoms with Crippen molar-refractivity contribution in [3.63, 3.8) is 0 Å². The van der Waals surface area contributed by atoms with Gasteiger partial charge < -0.3 is 14.1 Å². The van der Waals surface area contributed by atoms with Crippen molar-refractivity contribution in [2.45, 2.75) is 59.5 Å². The molecule has 0 saturated carbocycles. The first-order chi connectivity index (χ1) is 14.3. The number of rotatable bonds is 6. The van der Waals surface area contributed by atoms with Crippen molar-refractivity contribution in [3.05, 3.63) is 57.6 Å². The van der Waals surface area contributed by atoms with E-state index in [1.807, 2.05) is 0 Å². The van der Waals surface area contributed by atoms with Crippen molar-refractivity contribution in [1.82, 2.24) is 4.98 Å². The van der Waals surface area contributed by atoms with Crippen LogP contribution in [0.5, 0.6) is 0 Å². The molecule has 30 heavy (non-hydrogen) atoms. The predicted molar refractivity (Wildman–Crippen MR) is 112 cm³/mol. The molecule has 0 bridgehead atoms. The van der Waals surface area contributed by atoms with Crippen molar-refractivity contribution in [3.8, 4) is 0 Å². The molecule has 6 heteroatoms. The van der Waals surface area contributed by atoms with Crippen molar-refractivity contribution in [2.24, 2.45) is 0 Å². The molecule has 0 amide bonds. The van der Waals surface area contributed by atoms with Crippen LogP contribution in [0.1, 0.15) is 69.1 Å². The van der Waals surface area contributed by atoms with Gasteiger partial charge in [0.15, 0.2) is 11.9 Å². The maximum absolute atomic E-state index is 12.8. The average Bonchev–Trinajstić information content (AvgIpc) is 3.36. The topological polar surface area (TPSA) is 89.4 Å². The standard InChI is InChI=1S/C24H25NO5/c1-12-22(14(3)26)13(2)25-23(12)24(28)15(4)30-21(27)10-18-11-29-20-9-17-7-5-6-16(17)8-19(18)20/h8-9,11,15,25H,5-7,10H2,1-4H3. The van der Waals surface area contributed by atoms with Crippen LogP contribution in [-0.2, 0) is 28.8 Å². The lowest BCUT2D eigenvalue weighted by Gasteiger charge is -2.12. The second kappa shape index (κ2) is 7.59. The second-order valence-electron chi connectivity index (χ2n) is 8.09. The van der Waals surface area contributed by atoms with E-state index in [4.69, 9.17) is 9.15 Å². The Morgan fingerprint density at radius 2 is 1.87 bits per heavy atom. The highest BCUT2D eigenvalue weighted by atomic mass is 16.5. The van der Waals surface area contributed by atoms with Gasteiger partial charge in [0.05, 0.1) is 18.4 Å². The summed E-state index contributed by atoms with van der Waals surface area (Å²) >= 11 is 0. The zero-order valence-corrected chi connectivity index (χ0v) is 17.7. The molecule has 0 saturated heterocycles. The van der Waals surface area contributed by atoms with Gasteiger partial charge in [-0.3, -0.25) is 14.4 Å². The molecule has 0 fully saturated rings. The number of esters is 1. The quantitative estimate of drug-likeness (QED) is 0.482. The van der Waals surface area contributed by atoms with Crippen LogP contribution in [0.25, 0.3) is 11.0 Å². The van der Waals surface area contributed by atoms with Gasteiger partial charge in [-0.25, -0.2) is 0 Å². The molecule has 1 N–H and O–H groups in total. The number of aryl methyl sites for hydroxylation is 3. The molecular weight excluding hydrogens is 382 g/mol. The van der Waals surface area contributed by atoms with Gasteiger partial charge >= 0.3 is 5.97 Å².